The van der Waals surface area contributed by atoms with Crippen LogP contribution in [-0.2, 0) is 4.74 Å². The second-order valence-corrected chi connectivity index (χ2v) is 5.96. The molecule has 1 atom stereocenters. The van der Waals surface area contributed by atoms with E-state index in [2.05, 4.69) is 74.6 Å². The zero-order valence-electron chi connectivity index (χ0n) is 16.3. The number of ether oxygens (including phenoxy) is 1. The van der Waals surface area contributed by atoms with E-state index in [1.807, 2.05) is 0 Å². The van der Waals surface area contributed by atoms with Crippen LogP contribution in [0.1, 0.15) is 65.2 Å². The van der Waals surface area contributed by atoms with Crippen LogP contribution in [0.15, 0.2) is 60.8 Å². The molecule has 0 aliphatic heterocycles. The molecule has 0 saturated carbocycles. The average Bonchev–Trinajstić information content (AvgIpc) is 2.63. The van der Waals surface area contributed by atoms with E-state index in [1.165, 1.54) is 0 Å². The molecule has 0 aliphatic rings. The molecular weight excluding hydrogens is 308 g/mol. The minimum absolute atomic E-state index is 0.0120. The lowest BCUT2D eigenvalue weighted by Crippen LogP contribution is -2.17. The third-order valence-corrected chi connectivity index (χ3v) is 3.57. The normalized spacial score (nSPS) is 14.2. The standard InChI is InChI=1S/C23H38O2/c1-3-5-6-7-8-9-10-11-12-13-14-15-16-17-18-19-20-23(22-24)25-21-4-2/h5-6,8-9,11-12,14-15,17-18,23-24H,3-4,7,10,13,16,19-22H2,1-2H3/b6-5-,9-8-,12-11-,15-14-,18-17-. The monoisotopic (exact) mass is 346 g/mol. The van der Waals surface area contributed by atoms with Crippen LogP contribution in [0, 0.1) is 0 Å². The molecule has 2 nitrogen and oxygen atoms in total. The highest BCUT2D eigenvalue weighted by molar-refractivity contribution is 5.00. The Morgan fingerprint density at radius 2 is 1.20 bits per heavy atom. The largest absolute Gasteiger partial charge is 0.394 e. The molecule has 1 N–H and O–H groups in total. The minimum atomic E-state index is -0.0120. The van der Waals surface area contributed by atoms with Crippen LogP contribution in [0.2, 0.25) is 0 Å². The van der Waals surface area contributed by atoms with Crippen LogP contribution in [-0.4, -0.2) is 24.4 Å². The summed E-state index contributed by atoms with van der Waals surface area (Å²) in [5.74, 6) is 0. The third-order valence-electron chi connectivity index (χ3n) is 3.57. The zero-order valence-corrected chi connectivity index (χ0v) is 16.3. The zero-order chi connectivity index (χ0) is 18.4. The first-order chi connectivity index (χ1) is 12.3. The van der Waals surface area contributed by atoms with Gasteiger partial charge in [0.05, 0.1) is 12.7 Å². The summed E-state index contributed by atoms with van der Waals surface area (Å²) < 4.78 is 5.55. The molecular formula is C23H38O2. The lowest BCUT2D eigenvalue weighted by atomic mass is 10.2. The van der Waals surface area contributed by atoms with Gasteiger partial charge in [0.25, 0.3) is 0 Å². The highest BCUT2D eigenvalue weighted by atomic mass is 16.5. The van der Waals surface area contributed by atoms with Crippen molar-refractivity contribution in [1.29, 1.82) is 0 Å². The summed E-state index contributed by atoms with van der Waals surface area (Å²) in [6, 6.07) is 0. The van der Waals surface area contributed by atoms with E-state index in [-0.39, 0.29) is 12.7 Å². The van der Waals surface area contributed by atoms with Crippen molar-refractivity contribution in [3.8, 4) is 0 Å². The summed E-state index contributed by atoms with van der Waals surface area (Å²) >= 11 is 0. The summed E-state index contributed by atoms with van der Waals surface area (Å²) in [5, 5.41) is 9.20. The Morgan fingerprint density at radius 1 is 0.720 bits per heavy atom. The van der Waals surface area contributed by atoms with E-state index in [9.17, 15) is 5.11 Å². The quantitative estimate of drug-likeness (QED) is 0.332. The lowest BCUT2D eigenvalue weighted by molar-refractivity contribution is 0.00913. The van der Waals surface area contributed by atoms with Crippen LogP contribution in [0.25, 0.3) is 0 Å². The van der Waals surface area contributed by atoms with Crippen molar-refractivity contribution in [1.82, 2.24) is 0 Å². The molecule has 2 heteroatoms. The average molecular weight is 347 g/mol. The van der Waals surface area contributed by atoms with Crippen molar-refractivity contribution >= 4 is 0 Å². The Labute approximate surface area is 155 Å². The van der Waals surface area contributed by atoms with Gasteiger partial charge in [0.1, 0.15) is 0 Å². The van der Waals surface area contributed by atoms with Crippen LogP contribution in [0.4, 0.5) is 0 Å². The highest BCUT2D eigenvalue weighted by Crippen LogP contribution is 2.04. The maximum atomic E-state index is 9.20. The van der Waals surface area contributed by atoms with Crippen molar-refractivity contribution in [2.75, 3.05) is 13.2 Å². The van der Waals surface area contributed by atoms with E-state index >= 15 is 0 Å². The molecule has 0 aliphatic carbocycles. The highest BCUT2D eigenvalue weighted by Gasteiger charge is 2.04. The van der Waals surface area contributed by atoms with Crippen molar-refractivity contribution < 1.29 is 9.84 Å². The first-order valence-electron chi connectivity index (χ1n) is 9.82. The number of hydrogen-bond acceptors (Lipinski definition) is 2. The summed E-state index contributed by atoms with van der Waals surface area (Å²) in [4.78, 5) is 0. The molecule has 0 saturated heterocycles. The Balaban J connectivity index is 3.58. The smallest absolute Gasteiger partial charge is 0.0808 e. The fourth-order valence-electron chi connectivity index (χ4n) is 2.16. The predicted molar refractivity (Wildman–Crippen MR) is 111 cm³/mol. The molecule has 0 radical (unpaired) electrons. The van der Waals surface area contributed by atoms with E-state index < -0.39 is 0 Å². The molecule has 0 heterocycles. The Kier molecular flexibility index (Phi) is 19.5. The maximum absolute atomic E-state index is 9.20. The first-order valence-corrected chi connectivity index (χ1v) is 9.82. The van der Waals surface area contributed by atoms with Crippen LogP contribution in [0.3, 0.4) is 0 Å². The van der Waals surface area contributed by atoms with E-state index in [1.54, 1.807) is 0 Å². The number of allylic oxidation sites excluding steroid dienone is 10. The number of aliphatic hydroxyl groups is 1. The number of aliphatic hydroxyl groups excluding tert-OH is 1. The molecule has 0 fully saturated rings. The van der Waals surface area contributed by atoms with Crippen LogP contribution < -0.4 is 0 Å². The molecule has 142 valence electrons. The van der Waals surface area contributed by atoms with Gasteiger partial charge in [-0.15, -0.1) is 0 Å². The third kappa shape index (κ3) is 18.8. The summed E-state index contributed by atoms with van der Waals surface area (Å²) in [6.07, 6.45) is 30.0. The number of rotatable bonds is 16. The molecule has 0 aromatic heterocycles. The van der Waals surface area contributed by atoms with Crippen molar-refractivity contribution in [3.05, 3.63) is 60.8 Å². The van der Waals surface area contributed by atoms with Gasteiger partial charge in [0, 0.05) is 6.61 Å². The second kappa shape index (κ2) is 20.7. The second-order valence-electron chi connectivity index (χ2n) is 5.96. The van der Waals surface area contributed by atoms with Crippen molar-refractivity contribution in [3.63, 3.8) is 0 Å². The molecule has 1 unspecified atom stereocenters. The Bertz CT molecular complexity index is 402. The van der Waals surface area contributed by atoms with E-state index in [4.69, 9.17) is 4.74 Å². The fraction of sp³-hybridized carbons (Fsp3) is 0.565. The summed E-state index contributed by atoms with van der Waals surface area (Å²) in [7, 11) is 0. The molecule has 0 amide bonds. The van der Waals surface area contributed by atoms with Crippen molar-refractivity contribution in [2.24, 2.45) is 0 Å². The SMILES string of the molecule is CC/C=C\C/C=C\C/C=C\C/C=C\C/C=C\CCC(CO)OCCC. The maximum Gasteiger partial charge on any atom is 0.0808 e. The fourth-order valence-corrected chi connectivity index (χ4v) is 2.16. The van der Waals surface area contributed by atoms with Gasteiger partial charge >= 0.3 is 0 Å². The van der Waals surface area contributed by atoms with E-state index in [0.29, 0.717) is 0 Å². The van der Waals surface area contributed by atoms with Gasteiger partial charge in [-0.1, -0.05) is 74.6 Å². The Morgan fingerprint density at radius 3 is 1.64 bits per heavy atom. The van der Waals surface area contributed by atoms with Gasteiger partial charge in [0.15, 0.2) is 0 Å². The molecule has 0 spiro atoms. The van der Waals surface area contributed by atoms with Crippen LogP contribution >= 0.6 is 0 Å². The van der Waals surface area contributed by atoms with Gasteiger partial charge < -0.3 is 9.84 Å². The van der Waals surface area contributed by atoms with Gasteiger partial charge in [-0.3, -0.25) is 0 Å². The number of hydrogen-bond donors (Lipinski definition) is 1. The molecule has 25 heavy (non-hydrogen) atoms. The topological polar surface area (TPSA) is 29.5 Å². The van der Waals surface area contributed by atoms with Crippen LogP contribution in [0.5, 0.6) is 0 Å². The van der Waals surface area contributed by atoms with E-state index in [0.717, 1.165) is 58.0 Å². The lowest BCUT2D eigenvalue weighted by Gasteiger charge is -2.13. The molecule has 0 bridgehead atoms. The van der Waals surface area contributed by atoms with Crippen molar-refractivity contribution in [2.45, 2.75) is 71.3 Å². The summed E-state index contributed by atoms with van der Waals surface area (Å²) in [5.41, 5.74) is 0. The van der Waals surface area contributed by atoms with Gasteiger partial charge in [-0.25, -0.2) is 0 Å². The van der Waals surface area contributed by atoms with Gasteiger partial charge in [-0.2, -0.15) is 0 Å². The van der Waals surface area contributed by atoms with Gasteiger partial charge in [0.2, 0.25) is 0 Å². The molecule has 0 aromatic carbocycles. The molecule has 0 rings (SSSR count). The first kappa shape index (κ1) is 23.6. The summed E-state index contributed by atoms with van der Waals surface area (Å²) in [6.45, 7) is 5.09. The Hall–Kier alpha value is -1.38. The molecule has 0 aromatic rings. The minimum Gasteiger partial charge on any atom is -0.394 e. The van der Waals surface area contributed by atoms with Gasteiger partial charge in [-0.05, 0) is 51.4 Å². The predicted octanol–water partition coefficient (Wildman–Crippen LogP) is 6.31.